The Morgan fingerprint density at radius 2 is 1.02 bits per heavy atom. The molecule has 0 unspecified atom stereocenters. The predicted molar refractivity (Wildman–Crippen MR) is 215 cm³/mol. The summed E-state index contributed by atoms with van der Waals surface area (Å²) in [5.74, 6) is 0.707. The molecule has 246 valence electrons. The molecule has 0 aliphatic heterocycles. The summed E-state index contributed by atoms with van der Waals surface area (Å²) in [7, 11) is 0. The molecule has 0 amide bonds. The van der Waals surface area contributed by atoms with Crippen LogP contribution in [0.3, 0.4) is 0 Å². The molecule has 0 radical (unpaired) electrons. The average molecular weight is 666 g/mol. The molecule has 0 saturated heterocycles. The minimum Gasteiger partial charge on any atom is -0.310 e. The van der Waals surface area contributed by atoms with Crippen LogP contribution in [0.4, 0.5) is 17.1 Å². The van der Waals surface area contributed by atoms with Crippen molar-refractivity contribution in [1.82, 2.24) is 0 Å². The molecule has 3 aliphatic rings. The molecule has 10 rings (SSSR count). The van der Waals surface area contributed by atoms with Gasteiger partial charge in [0, 0.05) is 48.1 Å². The molecule has 3 aliphatic carbocycles. The van der Waals surface area contributed by atoms with Gasteiger partial charge in [0.2, 0.25) is 0 Å². The summed E-state index contributed by atoms with van der Waals surface area (Å²) in [6, 6.07) is 46.7. The van der Waals surface area contributed by atoms with E-state index in [0.717, 1.165) is 0 Å². The van der Waals surface area contributed by atoms with Crippen molar-refractivity contribution in [3.63, 3.8) is 0 Å². The first-order chi connectivity index (χ1) is 24.3. The SMILES string of the molecule is CC1(C)c2ccccc2-c2ccc(N(c3ccc4c(c3)C(C)(C)c3cc(C5CCCCC5)ccc3-4)c3ccc4c(c3)sc3ccccc34)cc21. The lowest BCUT2D eigenvalue weighted by Gasteiger charge is -2.30. The molecule has 0 spiro atoms. The van der Waals surface area contributed by atoms with Crippen LogP contribution in [0.2, 0.25) is 0 Å². The molecule has 1 heterocycles. The molecule has 0 N–H and O–H groups in total. The van der Waals surface area contributed by atoms with E-state index in [-0.39, 0.29) is 10.8 Å². The van der Waals surface area contributed by atoms with Crippen molar-refractivity contribution in [1.29, 1.82) is 0 Å². The van der Waals surface area contributed by atoms with Gasteiger partial charge in [0.05, 0.1) is 0 Å². The second kappa shape index (κ2) is 10.9. The molecule has 1 saturated carbocycles. The number of anilines is 3. The van der Waals surface area contributed by atoms with Gasteiger partial charge < -0.3 is 4.90 Å². The van der Waals surface area contributed by atoms with Gasteiger partial charge in [-0.05, 0) is 111 Å². The van der Waals surface area contributed by atoms with Crippen molar-refractivity contribution in [2.24, 2.45) is 0 Å². The number of fused-ring (bicyclic) bond motifs is 9. The van der Waals surface area contributed by atoms with Crippen LogP contribution in [-0.2, 0) is 10.8 Å². The normalized spacial score (nSPS) is 17.0. The number of rotatable bonds is 4. The Kier molecular flexibility index (Phi) is 6.59. The van der Waals surface area contributed by atoms with Crippen LogP contribution in [0.5, 0.6) is 0 Å². The molecular formula is C48H43NS. The van der Waals surface area contributed by atoms with E-state index in [0.29, 0.717) is 5.92 Å². The van der Waals surface area contributed by atoms with Gasteiger partial charge in [0.25, 0.3) is 0 Å². The Hall–Kier alpha value is -4.66. The van der Waals surface area contributed by atoms with Gasteiger partial charge >= 0.3 is 0 Å². The summed E-state index contributed by atoms with van der Waals surface area (Å²) in [5, 5.41) is 2.67. The summed E-state index contributed by atoms with van der Waals surface area (Å²) >= 11 is 1.89. The molecule has 1 aromatic heterocycles. The highest BCUT2D eigenvalue weighted by Gasteiger charge is 2.38. The zero-order valence-corrected chi connectivity index (χ0v) is 30.3. The molecule has 7 aromatic rings. The Bertz CT molecular complexity index is 2490. The second-order valence-electron chi connectivity index (χ2n) is 16.0. The van der Waals surface area contributed by atoms with Crippen LogP contribution >= 0.6 is 11.3 Å². The van der Waals surface area contributed by atoms with E-state index in [1.807, 2.05) is 11.3 Å². The Morgan fingerprint density at radius 1 is 0.480 bits per heavy atom. The highest BCUT2D eigenvalue weighted by atomic mass is 32.1. The maximum atomic E-state index is 2.57. The van der Waals surface area contributed by atoms with E-state index in [9.17, 15) is 0 Å². The van der Waals surface area contributed by atoms with Crippen molar-refractivity contribution in [2.75, 3.05) is 4.90 Å². The highest BCUT2D eigenvalue weighted by Crippen LogP contribution is 2.54. The maximum absolute atomic E-state index is 2.57. The van der Waals surface area contributed by atoms with E-state index >= 15 is 0 Å². The third-order valence-electron chi connectivity index (χ3n) is 12.5. The quantitative estimate of drug-likeness (QED) is 0.181. The van der Waals surface area contributed by atoms with Crippen LogP contribution in [-0.4, -0.2) is 0 Å². The summed E-state index contributed by atoms with van der Waals surface area (Å²) in [6.45, 7) is 9.64. The number of thiophene rings is 1. The molecule has 1 fully saturated rings. The monoisotopic (exact) mass is 665 g/mol. The van der Waals surface area contributed by atoms with Gasteiger partial charge in [-0.25, -0.2) is 0 Å². The molecule has 2 heteroatoms. The van der Waals surface area contributed by atoms with E-state index in [1.54, 1.807) is 5.56 Å². The Labute approximate surface area is 300 Å². The third-order valence-corrected chi connectivity index (χ3v) is 13.6. The molecular weight excluding hydrogens is 623 g/mol. The van der Waals surface area contributed by atoms with Crippen molar-refractivity contribution in [3.05, 3.63) is 149 Å². The Balaban J connectivity index is 1.13. The first-order valence-corrected chi connectivity index (χ1v) is 19.4. The zero-order chi connectivity index (χ0) is 33.8. The first-order valence-electron chi connectivity index (χ1n) is 18.5. The summed E-state index contributed by atoms with van der Waals surface area (Å²) in [6.07, 6.45) is 6.78. The van der Waals surface area contributed by atoms with Crippen molar-refractivity contribution < 1.29 is 0 Å². The van der Waals surface area contributed by atoms with Gasteiger partial charge in [-0.2, -0.15) is 0 Å². The summed E-state index contributed by atoms with van der Waals surface area (Å²) in [4.78, 5) is 2.51. The lowest BCUT2D eigenvalue weighted by Crippen LogP contribution is -2.18. The molecule has 0 atom stereocenters. The Morgan fingerprint density at radius 3 is 1.76 bits per heavy atom. The predicted octanol–water partition coefficient (Wildman–Crippen LogP) is 14.2. The molecule has 0 bridgehead atoms. The number of nitrogens with zero attached hydrogens (tertiary/aromatic N) is 1. The van der Waals surface area contributed by atoms with Crippen LogP contribution in [0.25, 0.3) is 42.4 Å². The van der Waals surface area contributed by atoms with E-state index < -0.39 is 0 Å². The number of benzene rings is 6. The smallest absolute Gasteiger partial charge is 0.0476 e. The molecule has 6 aromatic carbocycles. The summed E-state index contributed by atoms with van der Waals surface area (Å²) in [5.41, 5.74) is 16.3. The van der Waals surface area contributed by atoms with Crippen molar-refractivity contribution >= 4 is 48.6 Å². The first kappa shape index (κ1) is 30.2. The average Bonchev–Trinajstić information content (AvgIpc) is 3.71. The van der Waals surface area contributed by atoms with E-state index in [4.69, 9.17) is 0 Å². The maximum Gasteiger partial charge on any atom is 0.0476 e. The molecule has 50 heavy (non-hydrogen) atoms. The number of hydrogen-bond donors (Lipinski definition) is 0. The van der Waals surface area contributed by atoms with Crippen LogP contribution in [0.1, 0.15) is 93.5 Å². The van der Waals surface area contributed by atoms with Gasteiger partial charge in [-0.3, -0.25) is 0 Å². The van der Waals surface area contributed by atoms with Gasteiger partial charge in [0.1, 0.15) is 0 Å². The van der Waals surface area contributed by atoms with Gasteiger partial charge in [0.15, 0.2) is 0 Å². The lowest BCUT2D eigenvalue weighted by molar-refractivity contribution is 0.443. The minimum absolute atomic E-state index is 0.0688. The van der Waals surface area contributed by atoms with E-state index in [1.165, 1.54) is 114 Å². The fourth-order valence-corrected chi connectivity index (χ4v) is 10.8. The third kappa shape index (κ3) is 4.37. The standard InChI is InChI=1S/C48H43NS/c1-47(2)41-16-10-8-14-35(41)37-23-19-32(27-43(37)47)49(34-21-25-40-39-15-9-11-17-45(39)50-46(40)29-34)33-20-24-38-36-22-18-31(30-12-6-5-7-13-30)26-42(36)48(3,4)44(38)28-33/h8-11,14-30H,5-7,12-13H2,1-4H3. The van der Waals surface area contributed by atoms with Crippen LogP contribution in [0, 0.1) is 0 Å². The minimum atomic E-state index is -0.0754. The summed E-state index contributed by atoms with van der Waals surface area (Å²) < 4.78 is 2.67. The lowest BCUT2D eigenvalue weighted by atomic mass is 9.79. The van der Waals surface area contributed by atoms with Crippen molar-refractivity contribution in [2.45, 2.75) is 76.5 Å². The van der Waals surface area contributed by atoms with Gasteiger partial charge in [-0.15, -0.1) is 11.3 Å². The second-order valence-corrected chi connectivity index (χ2v) is 17.1. The topological polar surface area (TPSA) is 3.24 Å². The fraction of sp³-hybridized carbons (Fsp3) is 0.250. The van der Waals surface area contributed by atoms with Crippen molar-refractivity contribution in [3.8, 4) is 22.3 Å². The van der Waals surface area contributed by atoms with Crippen LogP contribution < -0.4 is 4.90 Å². The number of hydrogen-bond acceptors (Lipinski definition) is 2. The van der Waals surface area contributed by atoms with Gasteiger partial charge in [-0.1, -0.05) is 126 Å². The fourth-order valence-electron chi connectivity index (χ4n) is 9.70. The largest absolute Gasteiger partial charge is 0.310 e. The van der Waals surface area contributed by atoms with Crippen LogP contribution in [0.15, 0.2) is 121 Å². The van der Waals surface area contributed by atoms with E-state index in [2.05, 4.69) is 154 Å². The highest BCUT2D eigenvalue weighted by molar-refractivity contribution is 7.25. The molecule has 1 nitrogen and oxygen atoms in total. The zero-order valence-electron chi connectivity index (χ0n) is 29.5.